The Kier molecular flexibility index (Phi) is 7.38. The average molecular weight is 470 g/mol. The van der Waals surface area contributed by atoms with Gasteiger partial charge in [0.05, 0.1) is 5.54 Å². The van der Waals surface area contributed by atoms with Gasteiger partial charge in [-0.2, -0.15) is 0 Å². The van der Waals surface area contributed by atoms with Crippen molar-refractivity contribution in [3.05, 3.63) is 36.0 Å². The molecule has 2 aromatic rings. The molecule has 0 fully saturated rings. The van der Waals surface area contributed by atoms with Crippen molar-refractivity contribution in [1.82, 2.24) is 10.3 Å². The number of nitrogens with zero attached hydrogens (tertiary/aromatic N) is 1. The van der Waals surface area contributed by atoms with Gasteiger partial charge in [-0.15, -0.1) is 0 Å². The van der Waals surface area contributed by atoms with Gasteiger partial charge in [-0.1, -0.05) is 13.8 Å². The number of aromatic nitrogens is 1. The average Bonchev–Trinajstić information content (AvgIpc) is 2.69. The van der Waals surface area contributed by atoms with Crippen LogP contribution in [0.4, 0.5) is 10.6 Å². The highest BCUT2D eigenvalue weighted by Crippen LogP contribution is 2.40. The van der Waals surface area contributed by atoms with Crippen LogP contribution in [-0.4, -0.2) is 34.7 Å². The Morgan fingerprint density at radius 3 is 2.53 bits per heavy atom. The van der Waals surface area contributed by atoms with Gasteiger partial charge in [0.15, 0.2) is 0 Å². The molecule has 0 unspecified atom stereocenters. The van der Waals surface area contributed by atoms with Crippen molar-refractivity contribution in [3.63, 3.8) is 0 Å². The number of benzene rings is 1. The van der Waals surface area contributed by atoms with E-state index in [9.17, 15) is 9.59 Å². The van der Waals surface area contributed by atoms with E-state index in [-0.39, 0.29) is 12.5 Å². The molecule has 0 spiro atoms. The summed E-state index contributed by atoms with van der Waals surface area (Å²) in [5.41, 5.74) is 1.62. The Morgan fingerprint density at radius 1 is 1.15 bits per heavy atom. The summed E-state index contributed by atoms with van der Waals surface area (Å²) in [6.07, 6.45) is 1.97. The first-order valence-electron chi connectivity index (χ1n) is 11.5. The third kappa shape index (κ3) is 6.85. The molecule has 1 aromatic heterocycles. The van der Waals surface area contributed by atoms with Gasteiger partial charge in [-0.05, 0) is 63.8 Å². The predicted molar refractivity (Wildman–Crippen MR) is 131 cm³/mol. The monoisotopic (exact) mass is 469 g/mol. The van der Waals surface area contributed by atoms with Gasteiger partial charge in [-0.25, -0.2) is 9.78 Å². The lowest BCUT2D eigenvalue weighted by Crippen LogP contribution is -2.52. The van der Waals surface area contributed by atoms with Gasteiger partial charge in [0.1, 0.15) is 36.1 Å². The lowest BCUT2D eigenvalue weighted by Gasteiger charge is -2.33. The first kappa shape index (κ1) is 25.3. The second-order valence-corrected chi connectivity index (χ2v) is 10.4. The molecule has 1 atom stereocenters. The zero-order valence-corrected chi connectivity index (χ0v) is 21.1. The predicted octanol–water partition coefficient (Wildman–Crippen LogP) is 5.31. The van der Waals surface area contributed by atoms with Crippen LogP contribution in [0.5, 0.6) is 11.5 Å². The van der Waals surface area contributed by atoms with Crippen LogP contribution in [0.25, 0.3) is 11.1 Å². The van der Waals surface area contributed by atoms with Gasteiger partial charge >= 0.3 is 6.09 Å². The van der Waals surface area contributed by atoms with Gasteiger partial charge in [0.2, 0.25) is 5.91 Å². The van der Waals surface area contributed by atoms with Crippen LogP contribution >= 0.6 is 0 Å². The third-order valence-corrected chi connectivity index (χ3v) is 5.14. The Labute approximate surface area is 201 Å². The van der Waals surface area contributed by atoms with E-state index in [0.29, 0.717) is 29.8 Å². The van der Waals surface area contributed by atoms with Crippen LogP contribution < -0.4 is 20.1 Å². The summed E-state index contributed by atoms with van der Waals surface area (Å²) < 4.78 is 17.5. The maximum atomic E-state index is 12.4. The Balaban J connectivity index is 1.76. The number of hydrogen-bond acceptors (Lipinski definition) is 6. The molecule has 2 amide bonds. The number of hydrogen-bond donors (Lipinski definition) is 2. The number of alkyl carbamates (subject to hydrolysis) is 1. The van der Waals surface area contributed by atoms with E-state index in [1.54, 1.807) is 6.20 Å². The molecule has 3 rings (SSSR count). The molecule has 2 N–H and O–H groups in total. The summed E-state index contributed by atoms with van der Waals surface area (Å²) in [4.78, 5) is 28.1. The zero-order valence-electron chi connectivity index (χ0n) is 21.1. The van der Waals surface area contributed by atoms with Gasteiger partial charge < -0.3 is 24.8 Å². The second-order valence-electron chi connectivity index (χ2n) is 10.4. The molecule has 0 saturated carbocycles. The minimum absolute atomic E-state index is 0.173. The normalized spacial score (nSPS) is 14.2. The number of pyridine rings is 1. The Hall–Kier alpha value is -3.29. The first-order chi connectivity index (χ1) is 15.8. The first-order valence-corrected chi connectivity index (χ1v) is 11.5. The van der Waals surface area contributed by atoms with E-state index in [2.05, 4.69) is 29.5 Å². The standard InChI is InChI=1S/C26H35N3O5/c1-16(2)12-26(7,29-24(31)34-25(4,5)6)15-33-19-8-9-20-21-11-23(28-17(3)30)27-13-18(21)14-32-22(20)10-19/h8-11,13,16H,12,14-15H2,1-7H3,(H,29,31)(H,27,28,30)/t26-/m0/s1. The number of fused-ring (bicyclic) bond motifs is 3. The molecule has 8 heteroatoms. The summed E-state index contributed by atoms with van der Waals surface area (Å²) in [5, 5.41) is 5.71. The van der Waals surface area contributed by atoms with Crippen molar-refractivity contribution in [2.45, 2.75) is 72.6 Å². The van der Waals surface area contributed by atoms with Crippen LogP contribution in [0.3, 0.4) is 0 Å². The molecule has 0 aliphatic carbocycles. The Morgan fingerprint density at radius 2 is 1.88 bits per heavy atom. The van der Waals surface area contributed by atoms with E-state index in [0.717, 1.165) is 23.1 Å². The van der Waals surface area contributed by atoms with Crippen molar-refractivity contribution in [3.8, 4) is 22.6 Å². The largest absolute Gasteiger partial charge is 0.491 e. The Bertz CT molecular complexity index is 1060. The highest BCUT2D eigenvalue weighted by atomic mass is 16.6. The van der Waals surface area contributed by atoms with Crippen LogP contribution in [0.1, 0.15) is 60.5 Å². The fourth-order valence-electron chi connectivity index (χ4n) is 4.03. The van der Waals surface area contributed by atoms with Crippen molar-refractivity contribution in [2.75, 3.05) is 11.9 Å². The molecular weight excluding hydrogens is 434 g/mol. The molecular formula is C26H35N3O5. The SMILES string of the molecule is CC(=O)Nc1cc2c(cn1)COc1cc(OC[C@](C)(CC(C)C)NC(=O)OC(C)(C)C)ccc1-2. The van der Waals surface area contributed by atoms with Crippen molar-refractivity contribution < 1.29 is 23.8 Å². The number of rotatable bonds is 7. The molecule has 1 aliphatic rings. The highest BCUT2D eigenvalue weighted by molar-refractivity contribution is 5.89. The van der Waals surface area contributed by atoms with Crippen LogP contribution in [0.15, 0.2) is 30.5 Å². The fraction of sp³-hybridized carbons (Fsp3) is 0.500. The molecule has 8 nitrogen and oxygen atoms in total. The minimum atomic E-state index is -0.612. The van der Waals surface area contributed by atoms with Crippen molar-refractivity contribution >= 4 is 17.8 Å². The van der Waals surface area contributed by atoms with E-state index >= 15 is 0 Å². The lowest BCUT2D eigenvalue weighted by atomic mass is 9.91. The summed E-state index contributed by atoms with van der Waals surface area (Å²) >= 11 is 0. The van der Waals surface area contributed by atoms with E-state index in [1.807, 2.05) is 52.0 Å². The van der Waals surface area contributed by atoms with Crippen LogP contribution in [0.2, 0.25) is 0 Å². The molecule has 184 valence electrons. The van der Waals surface area contributed by atoms with Crippen molar-refractivity contribution in [2.24, 2.45) is 5.92 Å². The molecule has 34 heavy (non-hydrogen) atoms. The fourth-order valence-corrected chi connectivity index (χ4v) is 4.03. The number of carbonyl (C=O) groups is 2. The number of carbonyl (C=O) groups excluding carboxylic acids is 2. The molecule has 0 saturated heterocycles. The topological polar surface area (TPSA) is 98.8 Å². The molecule has 1 aromatic carbocycles. The second kappa shape index (κ2) is 9.91. The van der Waals surface area contributed by atoms with Gasteiger partial charge in [-0.3, -0.25) is 4.79 Å². The summed E-state index contributed by atoms with van der Waals surface area (Å²) in [5.74, 6) is 2.00. The minimum Gasteiger partial charge on any atom is -0.491 e. The van der Waals surface area contributed by atoms with E-state index in [1.165, 1.54) is 6.92 Å². The van der Waals surface area contributed by atoms with E-state index in [4.69, 9.17) is 14.2 Å². The molecule has 0 radical (unpaired) electrons. The zero-order chi connectivity index (χ0) is 25.1. The number of ether oxygens (including phenoxy) is 3. The quantitative estimate of drug-likeness (QED) is 0.570. The third-order valence-electron chi connectivity index (χ3n) is 5.14. The number of nitrogens with one attached hydrogen (secondary N) is 2. The summed E-state index contributed by atoms with van der Waals surface area (Å²) in [6, 6.07) is 7.50. The molecule has 0 bridgehead atoms. The molecule has 2 heterocycles. The molecule has 1 aliphatic heterocycles. The number of anilines is 1. The van der Waals surface area contributed by atoms with Crippen LogP contribution in [0, 0.1) is 5.92 Å². The number of amides is 2. The smallest absolute Gasteiger partial charge is 0.408 e. The van der Waals surface area contributed by atoms with E-state index < -0.39 is 17.2 Å². The highest BCUT2D eigenvalue weighted by Gasteiger charge is 2.31. The van der Waals surface area contributed by atoms with Gasteiger partial charge in [0, 0.05) is 30.3 Å². The summed E-state index contributed by atoms with van der Waals surface area (Å²) in [7, 11) is 0. The maximum Gasteiger partial charge on any atom is 0.408 e. The van der Waals surface area contributed by atoms with Crippen LogP contribution in [-0.2, 0) is 16.1 Å². The maximum absolute atomic E-state index is 12.4. The van der Waals surface area contributed by atoms with Gasteiger partial charge in [0.25, 0.3) is 0 Å². The summed E-state index contributed by atoms with van der Waals surface area (Å²) in [6.45, 7) is 13.8. The lowest BCUT2D eigenvalue weighted by molar-refractivity contribution is -0.114. The van der Waals surface area contributed by atoms with Crippen molar-refractivity contribution in [1.29, 1.82) is 0 Å².